The Balaban J connectivity index is 0.000000445. The molecule has 0 N–H and O–H groups in total. The lowest BCUT2D eigenvalue weighted by Gasteiger charge is -2.10. The van der Waals surface area contributed by atoms with Crippen molar-refractivity contribution in [3.05, 3.63) is 54.1 Å². The van der Waals surface area contributed by atoms with Gasteiger partial charge in [0.2, 0.25) is 5.78 Å². The van der Waals surface area contributed by atoms with Gasteiger partial charge in [-0.2, -0.15) is 0 Å². The van der Waals surface area contributed by atoms with Crippen LogP contribution in [0.2, 0.25) is 0 Å². The summed E-state index contributed by atoms with van der Waals surface area (Å²) in [5.41, 5.74) is 3.57. The molecule has 27 heavy (non-hydrogen) atoms. The van der Waals surface area contributed by atoms with E-state index in [2.05, 4.69) is 60.8 Å². The van der Waals surface area contributed by atoms with Gasteiger partial charge in [-0.05, 0) is 81.8 Å². The van der Waals surface area contributed by atoms with Crippen LogP contribution in [0.25, 0.3) is 0 Å². The number of aromatic nitrogens is 1. The van der Waals surface area contributed by atoms with Gasteiger partial charge in [0, 0.05) is 37.7 Å². The molecule has 0 amide bonds. The molecule has 7 heteroatoms. The van der Waals surface area contributed by atoms with Crippen molar-refractivity contribution in [1.29, 1.82) is 0 Å². The van der Waals surface area contributed by atoms with Crippen molar-refractivity contribution in [3.63, 3.8) is 0 Å². The molecule has 1 heterocycles. The predicted octanol–water partition coefficient (Wildman–Crippen LogP) is 5.34. The Morgan fingerprint density at radius 2 is 1.74 bits per heavy atom. The third-order valence-corrected chi connectivity index (χ3v) is 6.54. The quantitative estimate of drug-likeness (QED) is 0.351. The first-order valence-electron chi connectivity index (χ1n) is 8.68. The normalized spacial score (nSPS) is 10.3. The first-order chi connectivity index (χ1) is 12.6. The van der Waals surface area contributed by atoms with Crippen LogP contribution >= 0.6 is 47.8 Å². The van der Waals surface area contributed by atoms with Gasteiger partial charge in [-0.3, -0.25) is 4.79 Å². The molecule has 0 fully saturated rings. The van der Waals surface area contributed by atoms with Crippen LogP contribution in [0.1, 0.15) is 60.4 Å². The Hall–Kier alpha value is -0.920. The van der Waals surface area contributed by atoms with Crippen LogP contribution in [0.3, 0.4) is 0 Å². The van der Waals surface area contributed by atoms with Gasteiger partial charge in [-0.15, -0.1) is 0 Å². The second-order valence-corrected chi connectivity index (χ2v) is 8.70. The highest BCUT2D eigenvalue weighted by Crippen LogP contribution is 2.32. The summed E-state index contributed by atoms with van der Waals surface area (Å²) in [6.45, 7) is 6.02. The van der Waals surface area contributed by atoms with Crippen LogP contribution in [0.4, 0.5) is 0 Å². The molecule has 0 bridgehead atoms. The fraction of sp³-hybridized carbons (Fsp3) is 0.400. The van der Waals surface area contributed by atoms with Gasteiger partial charge in [0.15, 0.2) is 0 Å². The molecule has 0 saturated heterocycles. The number of aryl methyl sites for hydroxylation is 2. The van der Waals surface area contributed by atoms with Crippen LogP contribution < -0.4 is 5.11 Å². The molecule has 0 aliphatic rings. The molecule has 0 aliphatic heterocycles. The number of rotatable bonds is 6. The van der Waals surface area contributed by atoms with Gasteiger partial charge >= 0.3 is 0 Å². The zero-order valence-electron chi connectivity index (χ0n) is 15.9. The smallest absolute Gasteiger partial charge is 0.210 e. The summed E-state index contributed by atoms with van der Waals surface area (Å²) in [7, 11) is 1.94. The lowest BCUT2D eigenvalue weighted by atomic mass is 10.1. The largest absolute Gasteiger partial charge is 0.550 e. The molecule has 0 unspecified atom stereocenters. The number of unbranched alkanes of at least 4 members (excludes halogenated alkanes) is 1. The number of halogens is 3. The second kappa shape index (κ2) is 11.2. The van der Waals surface area contributed by atoms with Crippen molar-refractivity contribution in [2.75, 3.05) is 0 Å². The van der Waals surface area contributed by atoms with Gasteiger partial charge in [0.1, 0.15) is 0 Å². The molecular formula is C20H23Br3NO3-. The van der Waals surface area contributed by atoms with Crippen molar-refractivity contribution in [2.24, 2.45) is 7.05 Å². The van der Waals surface area contributed by atoms with Gasteiger partial charge in [0.25, 0.3) is 0 Å². The molecule has 2 rings (SSSR count). The Bertz CT molecular complexity index is 828. The molecule has 0 radical (unpaired) electrons. The number of aliphatic carboxylic acids is 1. The number of hydrogen-bond acceptors (Lipinski definition) is 3. The Labute approximate surface area is 185 Å². The standard InChI is InChI=1S/C15H14Br3NO.C5H10O2/c1-4-10-5-8(2)14(19(10)3)15(20)11-6-9(16)7-12(17)13(11)18;1-2-3-4-5(6)7/h5-7H,4H2,1-3H3;2-4H2,1H3,(H,6,7)/p-1. The van der Waals surface area contributed by atoms with Crippen molar-refractivity contribution in [3.8, 4) is 0 Å². The lowest BCUT2D eigenvalue weighted by Crippen LogP contribution is -2.21. The van der Waals surface area contributed by atoms with Gasteiger partial charge in [-0.25, -0.2) is 0 Å². The molecule has 2 aromatic rings. The summed E-state index contributed by atoms with van der Waals surface area (Å²) in [6, 6.07) is 5.83. The highest BCUT2D eigenvalue weighted by molar-refractivity contribution is 9.13. The number of benzene rings is 1. The summed E-state index contributed by atoms with van der Waals surface area (Å²) in [5, 5.41) is 9.65. The molecule has 0 atom stereocenters. The van der Waals surface area contributed by atoms with E-state index in [9.17, 15) is 14.7 Å². The van der Waals surface area contributed by atoms with E-state index in [1.807, 2.05) is 37.6 Å². The van der Waals surface area contributed by atoms with E-state index in [1.165, 1.54) is 0 Å². The SMILES string of the molecule is CCCCC(=O)[O-].CCc1cc(C)c(C(=O)c2cc(Br)cc(Br)c2Br)n1C. The third-order valence-electron chi connectivity index (χ3n) is 4.07. The first kappa shape index (κ1) is 24.1. The molecule has 0 spiro atoms. The molecule has 148 valence electrons. The number of carbonyl (C=O) groups excluding carboxylic acids is 2. The monoisotopic (exact) mass is 562 g/mol. The van der Waals surface area contributed by atoms with Crippen molar-refractivity contribution < 1.29 is 14.7 Å². The van der Waals surface area contributed by atoms with Crippen LogP contribution in [-0.2, 0) is 18.3 Å². The van der Waals surface area contributed by atoms with Gasteiger partial charge < -0.3 is 14.5 Å². The Morgan fingerprint density at radius 3 is 2.19 bits per heavy atom. The van der Waals surface area contributed by atoms with E-state index in [1.54, 1.807) is 0 Å². The van der Waals surface area contributed by atoms with Crippen LogP contribution in [0.15, 0.2) is 31.6 Å². The number of carbonyl (C=O) groups is 2. The highest BCUT2D eigenvalue weighted by Gasteiger charge is 2.21. The number of ketones is 1. The Morgan fingerprint density at radius 1 is 1.11 bits per heavy atom. The van der Waals surface area contributed by atoms with E-state index >= 15 is 0 Å². The molecule has 4 nitrogen and oxygen atoms in total. The highest BCUT2D eigenvalue weighted by atomic mass is 79.9. The fourth-order valence-corrected chi connectivity index (χ4v) is 4.30. The van der Waals surface area contributed by atoms with E-state index in [0.717, 1.165) is 49.6 Å². The average Bonchev–Trinajstić information content (AvgIpc) is 2.89. The zero-order chi connectivity index (χ0) is 20.7. The number of carboxylic acids is 1. The van der Waals surface area contributed by atoms with Crippen molar-refractivity contribution in [2.45, 2.75) is 46.5 Å². The van der Waals surface area contributed by atoms with Gasteiger partial charge in [-0.1, -0.05) is 36.2 Å². The maximum Gasteiger partial charge on any atom is 0.210 e. The molecule has 1 aromatic carbocycles. The zero-order valence-corrected chi connectivity index (χ0v) is 20.6. The third kappa shape index (κ3) is 6.57. The molecular weight excluding hydrogens is 542 g/mol. The fourth-order valence-electron chi connectivity index (χ4n) is 2.66. The lowest BCUT2D eigenvalue weighted by molar-refractivity contribution is -0.305. The van der Waals surface area contributed by atoms with Crippen molar-refractivity contribution >= 4 is 59.5 Å². The van der Waals surface area contributed by atoms with E-state index in [-0.39, 0.29) is 12.2 Å². The minimum Gasteiger partial charge on any atom is -0.550 e. The topological polar surface area (TPSA) is 62.1 Å². The summed E-state index contributed by atoms with van der Waals surface area (Å²) in [6.07, 6.45) is 2.78. The molecule has 0 aliphatic carbocycles. The first-order valence-corrected chi connectivity index (χ1v) is 11.1. The minimum atomic E-state index is -0.943. The number of nitrogens with zero attached hydrogens (tertiary/aromatic N) is 1. The second-order valence-electron chi connectivity index (χ2n) is 6.13. The van der Waals surface area contributed by atoms with E-state index < -0.39 is 5.97 Å². The number of hydrogen-bond donors (Lipinski definition) is 0. The molecule has 1 aromatic heterocycles. The van der Waals surface area contributed by atoms with Crippen LogP contribution in [0, 0.1) is 6.92 Å². The summed E-state index contributed by atoms with van der Waals surface area (Å²) < 4.78 is 4.50. The number of carboxylic acid groups (broad SMARTS) is 1. The maximum atomic E-state index is 12.9. The van der Waals surface area contributed by atoms with Gasteiger partial charge in [0.05, 0.1) is 5.69 Å². The maximum absolute atomic E-state index is 12.9. The molecule has 0 saturated carbocycles. The summed E-state index contributed by atoms with van der Waals surface area (Å²) in [4.78, 5) is 22.5. The van der Waals surface area contributed by atoms with Crippen LogP contribution in [0.5, 0.6) is 0 Å². The minimum absolute atomic E-state index is 0.0265. The predicted molar refractivity (Wildman–Crippen MR) is 117 cm³/mol. The van der Waals surface area contributed by atoms with E-state index in [0.29, 0.717) is 5.56 Å². The average molecular weight is 565 g/mol. The summed E-state index contributed by atoms with van der Waals surface area (Å²) in [5.74, 6) is -0.916. The summed E-state index contributed by atoms with van der Waals surface area (Å²) >= 11 is 10.4. The van der Waals surface area contributed by atoms with Crippen molar-refractivity contribution in [1.82, 2.24) is 4.57 Å². The van der Waals surface area contributed by atoms with E-state index in [4.69, 9.17) is 0 Å². The van der Waals surface area contributed by atoms with Crippen LogP contribution in [-0.4, -0.2) is 16.3 Å². The Kier molecular flexibility index (Phi) is 9.98.